The van der Waals surface area contributed by atoms with Crippen molar-refractivity contribution in [1.82, 2.24) is 9.97 Å². The number of ether oxygens (including phenoxy) is 1. The van der Waals surface area contributed by atoms with Gasteiger partial charge < -0.3 is 10.1 Å². The summed E-state index contributed by atoms with van der Waals surface area (Å²) in [7, 11) is 0. The van der Waals surface area contributed by atoms with Crippen LogP contribution in [0.2, 0.25) is 0 Å². The van der Waals surface area contributed by atoms with Crippen LogP contribution < -0.4 is 10.1 Å². The van der Waals surface area contributed by atoms with Gasteiger partial charge in [-0.3, -0.25) is 10.1 Å². The van der Waals surface area contributed by atoms with Gasteiger partial charge in [-0.05, 0) is 49.9 Å². The standard InChI is InChI=1S/C19H24N4O3/c1-13-9-10-16(11-14(13)2)26-19-17(23(24)25)18(20-12-21-19)22-15-7-5-3-4-6-8-15/h9-12,15H,3-8H2,1-2H3,(H,20,21,22). The van der Waals surface area contributed by atoms with E-state index in [0.29, 0.717) is 5.75 Å². The zero-order valence-corrected chi connectivity index (χ0v) is 15.2. The van der Waals surface area contributed by atoms with E-state index in [-0.39, 0.29) is 23.4 Å². The van der Waals surface area contributed by atoms with Gasteiger partial charge in [-0.25, -0.2) is 4.98 Å². The van der Waals surface area contributed by atoms with Crippen LogP contribution in [0.3, 0.4) is 0 Å². The SMILES string of the molecule is Cc1ccc(Oc2ncnc(NC3CCCCCC3)c2[N+](=O)[O-])cc1C. The van der Waals surface area contributed by atoms with E-state index in [4.69, 9.17) is 4.74 Å². The van der Waals surface area contributed by atoms with Crippen LogP contribution in [0.15, 0.2) is 24.5 Å². The third-order valence-corrected chi connectivity index (χ3v) is 4.86. The van der Waals surface area contributed by atoms with Gasteiger partial charge in [0.1, 0.15) is 12.1 Å². The molecule has 1 aromatic carbocycles. The molecule has 0 saturated heterocycles. The monoisotopic (exact) mass is 356 g/mol. The molecule has 1 aliphatic carbocycles. The second-order valence-corrected chi connectivity index (χ2v) is 6.81. The van der Waals surface area contributed by atoms with Gasteiger partial charge >= 0.3 is 11.6 Å². The highest BCUT2D eigenvalue weighted by molar-refractivity contribution is 5.62. The second kappa shape index (κ2) is 8.12. The van der Waals surface area contributed by atoms with Gasteiger partial charge in [0.25, 0.3) is 0 Å². The fourth-order valence-electron chi connectivity index (χ4n) is 3.21. The van der Waals surface area contributed by atoms with Crippen molar-refractivity contribution >= 4 is 11.5 Å². The fraction of sp³-hybridized carbons (Fsp3) is 0.474. The minimum atomic E-state index is -0.477. The van der Waals surface area contributed by atoms with E-state index in [1.807, 2.05) is 26.0 Å². The van der Waals surface area contributed by atoms with Crippen molar-refractivity contribution in [3.63, 3.8) is 0 Å². The molecule has 0 unspecified atom stereocenters. The van der Waals surface area contributed by atoms with Crippen LogP contribution in [-0.4, -0.2) is 20.9 Å². The molecule has 1 heterocycles. The number of aromatic nitrogens is 2. The first kappa shape index (κ1) is 18.1. The van der Waals surface area contributed by atoms with Crippen LogP contribution in [0.1, 0.15) is 49.7 Å². The maximum atomic E-state index is 11.7. The smallest absolute Gasteiger partial charge is 0.373 e. The number of nitro groups is 1. The number of nitrogens with one attached hydrogen (secondary N) is 1. The molecular weight excluding hydrogens is 332 g/mol. The molecule has 1 aromatic heterocycles. The normalized spacial score (nSPS) is 15.3. The van der Waals surface area contributed by atoms with Crippen LogP contribution in [0, 0.1) is 24.0 Å². The molecular formula is C19H24N4O3. The summed E-state index contributed by atoms with van der Waals surface area (Å²) >= 11 is 0. The Morgan fingerprint density at radius 2 is 1.85 bits per heavy atom. The number of benzene rings is 1. The van der Waals surface area contributed by atoms with Crippen molar-refractivity contribution in [1.29, 1.82) is 0 Å². The van der Waals surface area contributed by atoms with Crippen molar-refractivity contribution < 1.29 is 9.66 Å². The molecule has 0 spiro atoms. The van der Waals surface area contributed by atoms with Crippen LogP contribution in [0.25, 0.3) is 0 Å². The average Bonchev–Trinajstić information content (AvgIpc) is 2.87. The predicted octanol–water partition coefficient (Wildman–Crippen LogP) is 4.93. The maximum absolute atomic E-state index is 11.7. The summed E-state index contributed by atoms with van der Waals surface area (Å²) in [6.45, 7) is 3.97. The van der Waals surface area contributed by atoms with Crippen molar-refractivity contribution in [2.45, 2.75) is 58.4 Å². The van der Waals surface area contributed by atoms with Crippen molar-refractivity contribution in [2.24, 2.45) is 0 Å². The summed E-state index contributed by atoms with van der Waals surface area (Å²) in [5, 5.41) is 14.9. The Kier molecular flexibility index (Phi) is 5.65. The van der Waals surface area contributed by atoms with E-state index < -0.39 is 4.92 Å². The van der Waals surface area contributed by atoms with Gasteiger partial charge in [-0.2, -0.15) is 4.98 Å². The lowest BCUT2D eigenvalue weighted by atomic mass is 10.1. The van der Waals surface area contributed by atoms with E-state index in [0.717, 1.165) is 36.8 Å². The third-order valence-electron chi connectivity index (χ3n) is 4.86. The molecule has 0 aliphatic heterocycles. The molecule has 1 saturated carbocycles. The molecule has 7 nitrogen and oxygen atoms in total. The zero-order valence-electron chi connectivity index (χ0n) is 15.2. The van der Waals surface area contributed by atoms with Crippen LogP contribution in [-0.2, 0) is 0 Å². The quantitative estimate of drug-likeness (QED) is 0.464. The Balaban J connectivity index is 1.87. The minimum absolute atomic E-state index is 0.0376. The zero-order chi connectivity index (χ0) is 18.5. The highest BCUT2D eigenvalue weighted by Crippen LogP contribution is 2.35. The highest BCUT2D eigenvalue weighted by Gasteiger charge is 2.27. The minimum Gasteiger partial charge on any atom is -0.434 e. The molecule has 0 bridgehead atoms. The maximum Gasteiger partial charge on any atom is 0.373 e. The van der Waals surface area contributed by atoms with Gasteiger partial charge in [0, 0.05) is 6.04 Å². The van der Waals surface area contributed by atoms with E-state index in [1.54, 1.807) is 6.07 Å². The topological polar surface area (TPSA) is 90.2 Å². The summed E-state index contributed by atoms with van der Waals surface area (Å²) in [4.78, 5) is 19.3. The van der Waals surface area contributed by atoms with E-state index >= 15 is 0 Å². The molecule has 0 atom stereocenters. The van der Waals surface area contributed by atoms with Crippen molar-refractivity contribution in [3.8, 4) is 11.6 Å². The first-order valence-corrected chi connectivity index (χ1v) is 9.05. The fourth-order valence-corrected chi connectivity index (χ4v) is 3.21. The molecule has 1 fully saturated rings. The Bertz CT molecular complexity index is 786. The largest absolute Gasteiger partial charge is 0.434 e. The molecule has 1 aliphatic rings. The Labute approximate surface area is 153 Å². The number of hydrogen-bond donors (Lipinski definition) is 1. The lowest BCUT2D eigenvalue weighted by Gasteiger charge is -2.17. The number of rotatable bonds is 5. The van der Waals surface area contributed by atoms with Crippen LogP contribution in [0.5, 0.6) is 11.6 Å². The predicted molar refractivity (Wildman–Crippen MR) is 99.8 cm³/mol. The lowest BCUT2D eigenvalue weighted by molar-refractivity contribution is -0.385. The molecule has 0 amide bonds. The van der Waals surface area contributed by atoms with Gasteiger partial charge in [-0.1, -0.05) is 31.7 Å². The van der Waals surface area contributed by atoms with Crippen LogP contribution >= 0.6 is 0 Å². The molecule has 26 heavy (non-hydrogen) atoms. The third kappa shape index (κ3) is 4.28. The van der Waals surface area contributed by atoms with Crippen molar-refractivity contribution in [2.75, 3.05) is 5.32 Å². The molecule has 138 valence electrons. The van der Waals surface area contributed by atoms with Gasteiger partial charge in [0.2, 0.25) is 5.82 Å². The first-order valence-electron chi connectivity index (χ1n) is 9.05. The summed E-state index contributed by atoms with van der Waals surface area (Å²) < 4.78 is 5.73. The number of anilines is 1. The summed E-state index contributed by atoms with van der Waals surface area (Å²) in [6, 6.07) is 5.75. The van der Waals surface area contributed by atoms with Crippen molar-refractivity contribution in [3.05, 3.63) is 45.8 Å². The van der Waals surface area contributed by atoms with E-state index in [2.05, 4.69) is 15.3 Å². The number of aryl methyl sites for hydroxylation is 2. The second-order valence-electron chi connectivity index (χ2n) is 6.81. The number of nitrogens with zero attached hydrogens (tertiary/aromatic N) is 3. The molecule has 3 rings (SSSR count). The Morgan fingerprint density at radius 1 is 1.12 bits per heavy atom. The Morgan fingerprint density at radius 3 is 2.50 bits per heavy atom. The molecule has 1 N–H and O–H groups in total. The number of hydrogen-bond acceptors (Lipinski definition) is 6. The summed E-state index contributed by atoms with van der Waals surface area (Å²) in [5.41, 5.74) is 1.97. The van der Waals surface area contributed by atoms with Gasteiger partial charge in [-0.15, -0.1) is 0 Å². The summed E-state index contributed by atoms with van der Waals surface area (Å²) in [5.74, 6) is 0.718. The average molecular weight is 356 g/mol. The molecule has 2 aromatic rings. The summed E-state index contributed by atoms with van der Waals surface area (Å²) in [6.07, 6.45) is 7.98. The molecule has 0 radical (unpaired) electrons. The lowest BCUT2D eigenvalue weighted by Crippen LogP contribution is -2.20. The van der Waals surface area contributed by atoms with Gasteiger partial charge in [0.15, 0.2) is 0 Å². The highest BCUT2D eigenvalue weighted by atomic mass is 16.6. The Hall–Kier alpha value is -2.70. The molecule has 7 heteroatoms. The van der Waals surface area contributed by atoms with Gasteiger partial charge in [0.05, 0.1) is 4.92 Å². The van der Waals surface area contributed by atoms with E-state index in [1.165, 1.54) is 19.2 Å². The van der Waals surface area contributed by atoms with Crippen LogP contribution in [0.4, 0.5) is 11.5 Å². The first-order chi connectivity index (χ1) is 12.5. The van der Waals surface area contributed by atoms with E-state index in [9.17, 15) is 10.1 Å².